The van der Waals surface area contributed by atoms with Crippen molar-refractivity contribution in [2.45, 2.75) is 31.6 Å². The Hall–Kier alpha value is -0.870. The van der Waals surface area contributed by atoms with Crippen molar-refractivity contribution in [3.8, 4) is 11.5 Å². The highest BCUT2D eigenvalue weighted by atomic mass is 79.9. The maximum atomic E-state index is 6.22. The smallest absolute Gasteiger partial charge is 0.249 e. The van der Waals surface area contributed by atoms with Gasteiger partial charge < -0.3 is 4.42 Å². The fourth-order valence-electron chi connectivity index (χ4n) is 2.35. The van der Waals surface area contributed by atoms with Crippen molar-refractivity contribution < 1.29 is 4.42 Å². The molecule has 18 heavy (non-hydrogen) atoms. The predicted octanol–water partition coefficient (Wildman–Crippen LogP) is 4.81. The number of rotatable bonds is 2. The Kier molecular flexibility index (Phi) is 3.39. The molecule has 1 saturated carbocycles. The lowest BCUT2D eigenvalue weighted by Crippen LogP contribution is -1.91. The molecule has 0 N–H and O–H groups in total. The van der Waals surface area contributed by atoms with Crippen molar-refractivity contribution in [2.75, 3.05) is 0 Å². The fourth-order valence-corrected chi connectivity index (χ4v) is 2.92. The number of nitrogens with zero attached hydrogens (tertiary/aromatic N) is 2. The van der Waals surface area contributed by atoms with Gasteiger partial charge in [0.15, 0.2) is 0 Å². The highest BCUT2D eigenvalue weighted by molar-refractivity contribution is 9.10. The van der Waals surface area contributed by atoms with Gasteiger partial charge in [-0.2, -0.15) is 0 Å². The first-order valence-corrected chi connectivity index (χ1v) is 7.20. The van der Waals surface area contributed by atoms with Crippen LogP contribution in [0.1, 0.15) is 37.5 Å². The molecule has 0 spiro atoms. The van der Waals surface area contributed by atoms with Crippen LogP contribution in [0.25, 0.3) is 11.5 Å². The van der Waals surface area contributed by atoms with E-state index in [4.69, 9.17) is 16.0 Å². The molecule has 1 heterocycles. The fraction of sp³-hybridized carbons (Fsp3) is 0.385. The van der Waals surface area contributed by atoms with E-state index in [0.717, 1.165) is 28.8 Å². The first-order valence-electron chi connectivity index (χ1n) is 6.03. The topological polar surface area (TPSA) is 38.9 Å². The van der Waals surface area contributed by atoms with Gasteiger partial charge in [-0.25, -0.2) is 0 Å². The molecule has 2 aromatic rings. The zero-order valence-electron chi connectivity index (χ0n) is 9.70. The SMILES string of the molecule is Clc1c(Br)cccc1-c1nnc(C2CCCC2)o1. The summed E-state index contributed by atoms with van der Waals surface area (Å²) < 4.78 is 6.60. The first-order chi connectivity index (χ1) is 8.75. The molecular formula is C13H12BrClN2O. The van der Waals surface area contributed by atoms with Crippen LogP contribution in [0.5, 0.6) is 0 Å². The van der Waals surface area contributed by atoms with Crippen LogP contribution in [-0.4, -0.2) is 10.2 Å². The number of hydrogen-bond donors (Lipinski definition) is 0. The van der Waals surface area contributed by atoms with Gasteiger partial charge >= 0.3 is 0 Å². The van der Waals surface area contributed by atoms with Gasteiger partial charge in [0.2, 0.25) is 11.8 Å². The van der Waals surface area contributed by atoms with Crippen LogP contribution in [0, 0.1) is 0 Å². The molecule has 0 radical (unpaired) electrons. The molecule has 94 valence electrons. The van der Waals surface area contributed by atoms with Crippen molar-refractivity contribution in [3.05, 3.63) is 33.6 Å². The van der Waals surface area contributed by atoms with Gasteiger partial charge in [0.1, 0.15) is 0 Å². The van der Waals surface area contributed by atoms with Crippen molar-refractivity contribution in [1.29, 1.82) is 0 Å². The molecule has 0 unspecified atom stereocenters. The summed E-state index contributed by atoms with van der Waals surface area (Å²) >= 11 is 9.62. The van der Waals surface area contributed by atoms with E-state index in [1.54, 1.807) is 0 Å². The Morgan fingerprint density at radius 1 is 1.22 bits per heavy atom. The van der Waals surface area contributed by atoms with E-state index in [0.29, 0.717) is 16.8 Å². The monoisotopic (exact) mass is 326 g/mol. The Labute approximate surface area is 119 Å². The average Bonchev–Trinajstić information content (AvgIpc) is 3.01. The third-order valence-electron chi connectivity index (χ3n) is 3.33. The Bertz CT molecular complexity index is 564. The summed E-state index contributed by atoms with van der Waals surface area (Å²) in [5.74, 6) is 1.68. The van der Waals surface area contributed by atoms with Gasteiger partial charge in [0, 0.05) is 10.4 Å². The van der Waals surface area contributed by atoms with E-state index in [1.807, 2.05) is 18.2 Å². The first kappa shape index (κ1) is 12.2. The molecule has 5 heteroatoms. The molecule has 1 aromatic heterocycles. The molecule has 1 aliphatic carbocycles. The van der Waals surface area contributed by atoms with E-state index in [9.17, 15) is 0 Å². The zero-order chi connectivity index (χ0) is 12.5. The zero-order valence-corrected chi connectivity index (χ0v) is 12.0. The van der Waals surface area contributed by atoms with E-state index in [-0.39, 0.29) is 0 Å². The number of benzene rings is 1. The largest absolute Gasteiger partial charge is 0.420 e. The van der Waals surface area contributed by atoms with E-state index in [1.165, 1.54) is 12.8 Å². The standard InChI is InChI=1S/C13H12BrClN2O/c14-10-7-3-6-9(11(10)15)13-17-16-12(18-13)8-4-1-2-5-8/h3,6-8H,1-2,4-5H2. The number of aromatic nitrogens is 2. The van der Waals surface area contributed by atoms with Crippen molar-refractivity contribution in [3.63, 3.8) is 0 Å². The van der Waals surface area contributed by atoms with Crippen LogP contribution in [0.4, 0.5) is 0 Å². The maximum absolute atomic E-state index is 6.22. The van der Waals surface area contributed by atoms with Crippen molar-refractivity contribution in [2.24, 2.45) is 0 Å². The summed E-state index contributed by atoms with van der Waals surface area (Å²) in [5, 5.41) is 8.88. The van der Waals surface area contributed by atoms with Crippen molar-refractivity contribution >= 4 is 27.5 Å². The van der Waals surface area contributed by atoms with Gasteiger partial charge in [-0.05, 0) is 40.9 Å². The second-order valence-corrected chi connectivity index (χ2v) is 5.76. The summed E-state index contributed by atoms with van der Waals surface area (Å²) in [6, 6.07) is 5.68. The molecule has 0 aliphatic heterocycles. The maximum Gasteiger partial charge on any atom is 0.249 e. The van der Waals surface area contributed by atoms with Gasteiger partial charge in [0.25, 0.3) is 0 Å². The predicted molar refractivity (Wildman–Crippen MR) is 73.7 cm³/mol. The molecule has 1 aliphatic rings. The van der Waals surface area contributed by atoms with Crippen LogP contribution < -0.4 is 0 Å². The molecule has 0 atom stereocenters. The van der Waals surface area contributed by atoms with E-state index >= 15 is 0 Å². The minimum Gasteiger partial charge on any atom is -0.420 e. The third kappa shape index (κ3) is 2.19. The van der Waals surface area contributed by atoms with Crippen LogP contribution in [-0.2, 0) is 0 Å². The highest BCUT2D eigenvalue weighted by Gasteiger charge is 2.23. The Morgan fingerprint density at radius 3 is 2.78 bits per heavy atom. The van der Waals surface area contributed by atoms with Crippen molar-refractivity contribution in [1.82, 2.24) is 10.2 Å². The second-order valence-electron chi connectivity index (χ2n) is 4.53. The summed E-state index contributed by atoms with van der Waals surface area (Å²) in [6.45, 7) is 0. The second kappa shape index (κ2) is 5.02. The third-order valence-corrected chi connectivity index (χ3v) is 4.62. The number of halogens is 2. The lowest BCUT2D eigenvalue weighted by molar-refractivity contribution is 0.457. The summed E-state index contributed by atoms with van der Waals surface area (Å²) in [7, 11) is 0. The Morgan fingerprint density at radius 2 is 2.00 bits per heavy atom. The minimum atomic E-state index is 0.428. The molecule has 0 amide bonds. The lowest BCUT2D eigenvalue weighted by Gasteiger charge is -2.02. The average molecular weight is 328 g/mol. The van der Waals surface area contributed by atoms with Gasteiger partial charge in [-0.3, -0.25) is 0 Å². The quantitative estimate of drug-likeness (QED) is 0.794. The van der Waals surface area contributed by atoms with Gasteiger partial charge in [-0.15, -0.1) is 10.2 Å². The van der Waals surface area contributed by atoms with E-state index in [2.05, 4.69) is 26.1 Å². The normalized spacial score (nSPS) is 16.3. The highest BCUT2D eigenvalue weighted by Crippen LogP contribution is 2.37. The Balaban J connectivity index is 1.95. The van der Waals surface area contributed by atoms with Gasteiger partial charge in [0.05, 0.1) is 10.6 Å². The molecule has 0 bridgehead atoms. The summed E-state index contributed by atoms with van der Waals surface area (Å²) in [5.41, 5.74) is 0.780. The molecule has 3 nitrogen and oxygen atoms in total. The van der Waals surface area contributed by atoms with Crippen LogP contribution in [0.3, 0.4) is 0 Å². The lowest BCUT2D eigenvalue weighted by atomic mass is 10.1. The van der Waals surface area contributed by atoms with Crippen LogP contribution in [0.2, 0.25) is 5.02 Å². The summed E-state index contributed by atoms with van der Waals surface area (Å²) in [4.78, 5) is 0. The molecule has 1 aromatic carbocycles. The number of hydrogen-bond acceptors (Lipinski definition) is 3. The summed E-state index contributed by atoms with van der Waals surface area (Å²) in [6.07, 6.45) is 4.79. The molecule has 3 rings (SSSR count). The molecule has 0 saturated heterocycles. The van der Waals surface area contributed by atoms with Crippen LogP contribution in [0.15, 0.2) is 27.1 Å². The van der Waals surface area contributed by atoms with Gasteiger partial charge in [-0.1, -0.05) is 30.5 Å². The van der Waals surface area contributed by atoms with Crippen LogP contribution >= 0.6 is 27.5 Å². The molecular weight excluding hydrogens is 316 g/mol. The van der Waals surface area contributed by atoms with E-state index < -0.39 is 0 Å². The minimum absolute atomic E-state index is 0.428. The molecule has 1 fully saturated rings.